The van der Waals surface area contributed by atoms with E-state index in [0.717, 1.165) is 26.4 Å². The maximum Gasteiger partial charge on any atom is 0.420 e. The fourth-order valence-corrected chi connectivity index (χ4v) is 2.64. The first-order chi connectivity index (χ1) is 9.49. The molecule has 10 heteroatoms. The van der Waals surface area contributed by atoms with Gasteiger partial charge in [0.15, 0.2) is 0 Å². The highest BCUT2D eigenvalue weighted by Crippen LogP contribution is 2.40. The minimum atomic E-state index is -4.88. The summed E-state index contributed by atoms with van der Waals surface area (Å²) in [4.78, 5) is 11.4. The summed E-state index contributed by atoms with van der Waals surface area (Å²) < 4.78 is 70.3. The fraction of sp³-hybridized carbons (Fsp3) is 0.364. The second-order valence-electron chi connectivity index (χ2n) is 3.89. The van der Waals surface area contributed by atoms with Gasteiger partial charge in [-0.05, 0) is 17.7 Å². The van der Waals surface area contributed by atoms with Crippen molar-refractivity contribution in [2.75, 3.05) is 14.2 Å². The SMILES string of the molecule is COC(=O)c1cc(CS(=O)(=O)Cl)c(C(F)(F)F)c(OC)c1. The van der Waals surface area contributed by atoms with E-state index in [-0.39, 0.29) is 5.56 Å². The molecule has 5 nitrogen and oxygen atoms in total. The maximum absolute atomic E-state index is 13.1. The van der Waals surface area contributed by atoms with Crippen LogP contribution in [0.25, 0.3) is 0 Å². The second-order valence-corrected chi connectivity index (χ2v) is 6.66. The van der Waals surface area contributed by atoms with Crippen LogP contribution in [0.5, 0.6) is 5.75 Å². The first-order valence-electron chi connectivity index (χ1n) is 5.28. The Morgan fingerprint density at radius 2 is 1.86 bits per heavy atom. The van der Waals surface area contributed by atoms with Crippen molar-refractivity contribution < 1.29 is 35.9 Å². The van der Waals surface area contributed by atoms with Crippen molar-refractivity contribution in [2.24, 2.45) is 0 Å². The number of halogens is 4. The van der Waals surface area contributed by atoms with E-state index in [2.05, 4.69) is 9.47 Å². The average molecular weight is 347 g/mol. The van der Waals surface area contributed by atoms with Gasteiger partial charge in [0.1, 0.15) is 11.3 Å². The number of ether oxygens (including phenoxy) is 2. The molecule has 0 saturated carbocycles. The number of carbonyl (C=O) groups is 1. The lowest BCUT2D eigenvalue weighted by molar-refractivity contribution is -0.139. The summed E-state index contributed by atoms with van der Waals surface area (Å²) in [5.74, 6) is -2.74. The lowest BCUT2D eigenvalue weighted by Crippen LogP contribution is -2.15. The molecule has 1 rings (SSSR count). The zero-order valence-corrected chi connectivity index (χ0v) is 12.4. The standard InChI is InChI=1S/C11H10ClF3O5S/c1-19-8-4-6(10(16)20-2)3-7(5-21(12,17)18)9(8)11(13,14)15/h3-4H,5H2,1-2H3. The lowest BCUT2D eigenvalue weighted by Gasteiger charge is -2.17. The highest BCUT2D eigenvalue weighted by Gasteiger charge is 2.38. The molecule has 0 amide bonds. The molecule has 1 aromatic carbocycles. The topological polar surface area (TPSA) is 69.7 Å². The van der Waals surface area contributed by atoms with E-state index >= 15 is 0 Å². The second kappa shape index (κ2) is 6.10. The molecular weight excluding hydrogens is 337 g/mol. The Kier molecular flexibility index (Phi) is 5.11. The number of hydrogen-bond donors (Lipinski definition) is 0. The average Bonchev–Trinajstić information content (AvgIpc) is 2.33. The Morgan fingerprint density at radius 1 is 1.29 bits per heavy atom. The van der Waals surface area contributed by atoms with Crippen LogP contribution in [0.2, 0.25) is 0 Å². The largest absolute Gasteiger partial charge is 0.496 e. The zero-order chi connectivity index (χ0) is 16.4. The summed E-state index contributed by atoms with van der Waals surface area (Å²) >= 11 is 0. The van der Waals surface area contributed by atoms with Crippen LogP contribution in [0.3, 0.4) is 0 Å². The van der Waals surface area contributed by atoms with E-state index in [4.69, 9.17) is 10.7 Å². The van der Waals surface area contributed by atoms with Gasteiger partial charge in [-0.1, -0.05) is 0 Å². The van der Waals surface area contributed by atoms with Crippen LogP contribution >= 0.6 is 10.7 Å². The molecule has 0 N–H and O–H groups in total. The van der Waals surface area contributed by atoms with Crippen LogP contribution in [-0.2, 0) is 25.7 Å². The molecule has 0 heterocycles. The Hall–Kier alpha value is -1.48. The molecule has 0 aromatic heterocycles. The van der Waals surface area contributed by atoms with Gasteiger partial charge < -0.3 is 9.47 Å². The van der Waals surface area contributed by atoms with Gasteiger partial charge in [-0.3, -0.25) is 0 Å². The van der Waals surface area contributed by atoms with Crippen LogP contribution in [0.4, 0.5) is 13.2 Å². The predicted octanol–water partition coefficient (Wildman–Crippen LogP) is 2.57. The van der Waals surface area contributed by atoms with Crippen molar-refractivity contribution >= 4 is 25.7 Å². The highest BCUT2D eigenvalue weighted by molar-refractivity contribution is 8.13. The van der Waals surface area contributed by atoms with E-state index in [9.17, 15) is 26.4 Å². The van der Waals surface area contributed by atoms with Crippen molar-refractivity contribution in [3.8, 4) is 5.75 Å². The number of hydrogen-bond acceptors (Lipinski definition) is 5. The molecule has 0 spiro atoms. The van der Waals surface area contributed by atoms with Gasteiger partial charge in [-0.15, -0.1) is 0 Å². The van der Waals surface area contributed by atoms with Crippen molar-refractivity contribution in [2.45, 2.75) is 11.9 Å². The van der Waals surface area contributed by atoms with Gasteiger partial charge in [0.2, 0.25) is 9.05 Å². The summed E-state index contributed by atoms with van der Waals surface area (Å²) in [7, 11) is 2.72. The van der Waals surface area contributed by atoms with Crippen LogP contribution in [-0.4, -0.2) is 28.6 Å². The first-order valence-corrected chi connectivity index (χ1v) is 7.76. The van der Waals surface area contributed by atoms with Gasteiger partial charge in [0, 0.05) is 10.7 Å². The Balaban J connectivity index is 3.64. The molecule has 0 bridgehead atoms. The van der Waals surface area contributed by atoms with Crippen LogP contribution in [0.15, 0.2) is 12.1 Å². The third-order valence-electron chi connectivity index (χ3n) is 2.44. The molecule has 118 valence electrons. The van der Waals surface area contributed by atoms with E-state index in [1.54, 1.807) is 0 Å². The molecule has 1 aromatic rings. The molecular formula is C11H10ClF3O5S. The number of alkyl halides is 3. The number of carbonyl (C=O) groups excluding carboxylic acids is 1. The molecule has 0 fully saturated rings. The number of rotatable bonds is 4. The summed E-state index contributed by atoms with van der Waals surface area (Å²) in [6.45, 7) is 0. The molecule has 21 heavy (non-hydrogen) atoms. The summed E-state index contributed by atoms with van der Waals surface area (Å²) in [6, 6.07) is 1.58. The van der Waals surface area contributed by atoms with Gasteiger partial charge >= 0.3 is 12.1 Å². The van der Waals surface area contributed by atoms with Gasteiger partial charge in [0.25, 0.3) is 0 Å². The molecule has 0 aliphatic carbocycles. The predicted molar refractivity (Wildman–Crippen MR) is 67.8 cm³/mol. The van der Waals surface area contributed by atoms with Crippen molar-refractivity contribution in [3.63, 3.8) is 0 Å². The van der Waals surface area contributed by atoms with Crippen molar-refractivity contribution in [1.29, 1.82) is 0 Å². The van der Waals surface area contributed by atoms with Gasteiger partial charge in [-0.2, -0.15) is 13.2 Å². The quantitative estimate of drug-likeness (QED) is 0.619. The number of benzene rings is 1. The highest BCUT2D eigenvalue weighted by atomic mass is 35.7. The molecule has 0 saturated heterocycles. The molecule has 0 unspecified atom stereocenters. The summed E-state index contributed by atoms with van der Waals surface area (Å²) in [6.07, 6.45) is -4.88. The molecule has 0 aliphatic rings. The van der Waals surface area contributed by atoms with Crippen molar-refractivity contribution in [3.05, 3.63) is 28.8 Å². The van der Waals surface area contributed by atoms with E-state index in [1.807, 2.05) is 0 Å². The van der Waals surface area contributed by atoms with Gasteiger partial charge in [0.05, 0.1) is 25.5 Å². The van der Waals surface area contributed by atoms with Crippen molar-refractivity contribution in [1.82, 2.24) is 0 Å². The monoisotopic (exact) mass is 346 g/mol. The first kappa shape index (κ1) is 17.6. The zero-order valence-electron chi connectivity index (χ0n) is 10.8. The molecule has 0 atom stereocenters. The normalized spacial score (nSPS) is 12.1. The summed E-state index contributed by atoms with van der Waals surface area (Å²) in [5.41, 5.74) is -2.28. The smallest absolute Gasteiger partial charge is 0.420 e. The maximum atomic E-state index is 13.1. The van der Waals surface area contributed by atoms with Crippen LogP contribution in [0.1, 0.15) is 21.5 Å². The van der Waals surface area contributed by atoms with E-state index in [1.165, 1.54) is 0 Å². The van der Waals surface area contributed by atoms with E-state index in [0.29, 0.717) is 0 Å². The Bertz CT molecular complexity index is 655. The van der Waals surface area contributed by atoms with E-state index < -0.39 is 43.8 Å². The lowest BCUT2D eigenvalue weighted by atomic mass is 10.0. The van der Waals surface area contributed by atoms with Crippen LogP contribution < -0.4 is 4.74 Å². The minimum absolute atomic E-state index is 0.280. The Labute approximate surface area is 123 Å². The fourth-order valence-electron chi connectivity index (χ4n) is 1.69. The Morgan fingerprint density at radius 3 is 2.24 bits per heavy atom. The summed E-state index contributed by atoms with van der Waals surface area (Å²) in [5, 5.41) is 0. The molecule has 0 aliphatic heterocycles. The molecule has 0 radical (unpaired) electrons. The number of methoxy groups -OCH3 is 2. The van der Waals surface area contributed by atoms with Gasteiger partial charge in [-0.25, -0.2) is 13.2 Å². The number of esters is 1. The minimum Gasteiger partial charge on any atom is -0.496 e. The third kappa shape index (κ3) is 4.50. The van der Waals surface area contributed by atoms with Crippen LogP contribution in [0, 0.1) is 0 Å². The third-order valence-corrected chi connectivity index (χ3v) is 3.42.